The summed E-state index contributed by atoms with van der Waals surface area (Å²) in [6, 6.07) is -0.523. The highest BCUT2D eigenvalue weighted by atomic mass is 35.5. The van der Waals surface area contributed by atoms with Gasteiger partial charge in [0.2, 0.25) is 11.8 Å². The second-order valence-corrected chi connectivity index (χ2v) is 8.98. The van der Waals surface area contributed by atoms with Crippen molar-refractivity contribution < 1.29 is 22.8 Å². The lowest BCUT2D eigenvalue weighted by Crippen LogP contribution is -2.48. The Hall–Kier alpha value is -1.94. The Labute approximate surface area is 192 Å². The summed E-state index contributed by atoms with van der Waals surface area (Å²) in [5.41, 5.74) is 5.56. The van der Waals surface area contributed by atoms with Crippen LogP contribution in [0.4, 0.5) is 13.2 Å². The van der Waals surface area contributed by atoms with Gasteiger partial charge in [-0.3, -0.25) is 9.59 Å². The lowest BCUT2D eigenvalue weighted by Gasteiger charge is -2.34. The molecule has 0 spiro atoms. The highest BCUT2D eigenvalue weighted by Crippen LogP contribution is 2.34. The topological polar surface area (TPSA) is 92.4 Å². The number of fused-ring (bicyclic) bond motifs is 1. The molecule has 7 nitrogen and oxygen atoms in total. The fraction of sp³-hybridized carbons (Fsp3) is 0.714. The lowest BCUT2D eigenvalue weighted by atomic mass is 9.98. The molecular weight excluding hydrogens is 447 g/mol. The average molecular weight is 478 g/mol. The molecule has 2 N–H and O–H groups in total. The van der Waals surface area contributed by atoms with Crippen molar-refractivity contribution in [2.75, 3.05) is 19.6 Å². The molecule has 1 unspecified atom stereocenters. The quantitative estimate of drug-likeness (QED) is 0.704. The number of likely N-dealkylation sites (tertiary alicyclic amines) is 1. The number of nitrogens with zero attached hydrogens (tertiary/aromatic N) is 4. The minimum atomic E-state index is -4.57. The van der Waals surface area contributed by atoms with Gasteiger partial charge in [0.25, 0.3) is 0 Å². The summed E-state index contributed by atoms with van der Waals surface area (Å²) in [6.45, 7) is 6.64. The minimum Gasteiger partial charge on any atom is -0.341 e. The van der Waals surface area contributed by atoms with Crippen LogP contribution in [0.1, 0.15) is 68.7 Å². The number of hydrogen-bond donors (Lipinski definition) is 1. The summed E-state index contributed by atoms with van der Waals surface area (Å²) in [4.78, 5) is 36.1. The van der Waals surface area contributed by atoms with Gasteiger partial charge in [-0.2, -0.15) is 13.2 Å². The Bertz CT molecular complexity index is 849. The molecule has 1 aromatic heterocycles. The van der Waals surface area contributed by atoms with Gasteiger partial charge in [-0.15, -0.1) is 12.4 Å². The SMILES string of the molecule is CC1CCC(=O)N(C[C@@H](N)CC(=O)N2CCc3c(nc(C(C)C)nc3C(F)(F)F)C2)C1.Cl. The van der Waals surface area contributed by atoms with Crippen LogP contribution in [0.25, 0.3) is 0 Å². The van der Waals surface area contributed by atoms with Gasteiger partial charge < -0.3 is 15.5 Å². The van der Waals surface area contributed by atoms with Gasteiger partial charge in [0.15, 0.2) is 5.69 Å². The number of hydrogen-bond acceptors (Lipinski definition) is 5. The Morgan fingerprint density at radius 3 is 2.56 bits per heavy atom. The Morgan fingerprint density at radius 2 is 1.94 bits per heavy atom. The number of nitrogens with two attached hydrogens (primary N) is 1. The summed E-state index contributed by atoms with van der Waals surface area (Å²) in [7, 11) is 0. The Balaban J connectivity index is 0.00000363. The molecule has 0 saturated carbocycles. The number of aromatic nitrogens is 2. The van der Waals surface area contributed by atoms with Gasteiger partial charge in [-0.25, -0.2) is 9.97 Å². The Morgan fingerprint density at radius 1 is 1.25 bits per heavy atom. The van der Waals surface area contributed by atoms with Crippen molar-refractivity contribution in [3.8, 4) is 0 Å². The number of rotatable bonds is 5. The zero-order valence-corrected chi connectivity index (χ0v) is 19.4. The van der Waals surface area contributed by atoms with Gasteiger partial charge in [0.05, 0.1) is 12.2 Å². The molecule has 0 aromatic carbocycles. The van der Waals surface area contributed by atoms with E-state index < -0.39 is 17.9 Å². The van der Waals surface area contributed by atoms with Crippen LogP contribution < -0.4 is 5.73 Å². The molecule has 3 rings (SSSR count). The first-order valence-corrected chi connectivity index (χ1v) is 10.7. The molecule has 3 heterocycles. The molecule has 1 saturated heterocycles. The number of alkyl halides is 3. The second kappa shape index (κ2) is 10.3. The maximum absolute atomic E-state index is 13.5. The van der Waals surface area contributed by atoms with E-state index in [-0.39, 0.29) is 73.2 Å². The van der Waals surface area contributed by atoms with Crippen molar-refractivity contribution in [1.82, 2.24) is 19.8 Å². The first-order chi connectivity index (χ1) is 14.5. The highest BCUT2D eigenvalue weighted by molar-refractivity contribution is 5.85. The molecule has 0 bridgehead atoms. The molecule has 2 amide bonds. The van der Waals surface area contributed by atoms with Crippen LogP contribution in [0.2, 0.25) is 0 Å². The van der Waals surface area contributed by atoms with Crippen LogP contribution in [0, 0.1) is 5.92 Å². The average Bonchev–Trinajstić information content (AvgIpc) is 2.68. The van der Waals surface area contributed by atoms with Gasteiger partial charge >= 0.3 is 6.18 Å². The summed E-state index contributed by atoms with van der Waals surface area (Å²) in [6.07, 6.45) is -3.14. The normalized spacial score (nSPS) is 20.1. The number of piperidine rings is 1. The largest absolute Gasteiger partial charge is 0.433 e. The molecule has 180 valence electrons. The maximum atomic E-state index is 13.5. The van der Waals surface area contributed by atoms with Crippen LogP contribution in [-0.2, 0) is 28.7 Å². The van der Waals surface area contributed by atoms with Crippen molar-refractivity contribution in [3.05, 3.63) is 22.8 Å². The van der Waals surface area contributed by atoms with Crippen molar-refractivity contribution in [3.63, 3.8) is 0 Å². The van der Waals surface area contributed by atoms with Crippen LogP contribution in [-0.4, -0.2) is 57.3 Å². The van der Waals surface area contributed by atoms with Crippen molar-refractivity contribution in [2.45, 2.75) is 71.1 Å². The Kier molecular flexibility index (Phi) is 8.50. The highest BCUT2D eigenvalue weighted by Gasteiger charge is 2.39. The fourth-order valence-electron chi connectivity index (χ4n) is 4.13. The standard InChI is InChI=1S/C21H30F3N5O2.ClH/c1-12(2)20-26-16-11-28(7-6-15(16)19(27-20)21(22,23)24)18(31)8-14(25)10-29-9-13(3)4-5-17(29)30;/h12-14H,4-11,25H2,1-3H3;1H/t13?,14-;/m0./s1. The molecule has 0 aliphatic carbocycles. The van der Waals surface area contributed by atoms with Gasteiger partial charge in [0, 0.05) is 50.0 Å². The van der Waals surface area contributed by atoms with E-state index in [4.69, 9.17) is 5.73 Å². The zero-order chi connectivity index (χ0) is 22.9. The van der Waals surface area contributed by atoms with Gasteiger partial charge in [-0.1, -0.05) is 20.8 Å². The first-order valence-electron chi connectivity index (χ1n) is 10.7. The van der Waals surface area contributed by atoms with E-state index >= 15 is 0 Å². The van der Waals surface area contributed by atoms with E-state index in [1.54, 1.807) is 18.7 Å². The third kappa shape index (κ3) is 6.10. The lowest BCUT2D eigenvalue weighted by molar-refractivity contribution is -0.142. The van der Waals surface area contributed by atoms with Crippen LogP contribution in [0.5, 0.6) is 0 Å². The number of halogens is 4. The summed E-state index contributed by atoms with van der Waals surface area (Å²) < 4.78 is 40.5. The maximum Gasteiger partial charge on any atom is 0.433 e. The monoisotopic (exact) mass is 477 g/mol. The van der Waals surface area contributed by atoms with Crippen LogP contribution >= 0.6 is 12.4 Å². The van der Waals surface area contributed by atoms with Crippen molar-refractivity contribution in [2.24, 2.45) is 11.7 Å². The van der Waals surface area contributed by atoms with Crippen molar-refractivity contribution >= 4 is 24.2 Å². The van der Waals surface area contributed by atoms with E-state index in [0.29, 0.717) is 25.4 Å². The van der Waals surface area contributed by atoms with E-state index in [0.717, 1.165) is 6.42 Å². The predicted octanol–water partition coefficient (Wildman–Crippen LogP) is 2.90. The zero-order valence-electron chi connectivity index (χ0n) is 18.6. The van der Waals surface area contributed by atoms with E-state index in [1.165, 1.54) is 4.90 Å². The molecule has 11 heteroatoms. The summed E-state index contributed by atoms with van der Waals surface area (Å²) in [5, 5.41) is 0. The van der Waals surface area contributed by atoms with Crippen LogP contribution in [0.15, 0.2) is 0 Å². The molecule has 1 aromatic rings. The third-order valence-electron chi connectivity index (χ3n) is 5.85. The van der Waals surface area contributed by atoms with Crippen LogP contribution in [0.3, 0.4) is 0 Å². The number of amides is 2. The fourth-order valence-corrected chi connectivity index (χ4v) is 4.13. The molecule has 2 aliphatic heterocycles. The number of carbonyl (C=O) groups excluding carboxylic acids is 2. The second-order valence-electron chi connectivity index (χ2n) is 8.98. The molecule has 1 fully saturated rings. The summed E-state index contributed by atoms with van der Waals surface area (Å²) >= 11 is 0. The molecule has 32 heavy (non-hydrogen) atoms. The third-order valence-corrected chi connectivity index (χ3v) is 5.85. The molecule has 2 aliphatic rings. The van der Waals surface area contributed by atoms with Gasteiger partial charge in [0.1, 0.15) is 5.82 Å². The number of carbonyl (C=O) groups is 2. The van der Waals surface area contributed by atoms with Gasteiger partial charge in [-0.05, 0) is 18.8 Å². The first kappa shape index (κ1) is 26.3. The predicted molar refractivity (Wildman–Crippen MR) is 115 cm³/mol. The minimum absolute atomic E-state index is 0. The summed E-state index contributed by atoms with van der Waals surface area (Å²) in [5.74, 6) is 0.0569. The van der Waals surface area contributed by atoms with Crippen molar-refractivity contribution in [1.29, 1.82) is 0 Å². The van der Waals surface area contributed by atoms with E-state index in [1.807, 2.05) is 0 Å². The van der Waals surface area contributed by atoms with E-state index in [9.17, 15) is 22.8 Å². The van der Waals surface area contributed by atoms with E-state index in [2.05, 4.69) is 16.9 Å². The molecule has 0 radical (unpaired) electrons. The molecule has 2 atom stereocenters. The smallest absolute Gasteiger partial charge is 0.341 e. The molecular formula is C21H31ClF3N5O2.